The number of rotatable bonds is 9. The van der Waals surface area contributed by atoms with E-state index in [0.29, 0.717) is 12.2 Å². The van der Waals surface area contributed by atoms with Crippen LogP contribution >= 0.6 is 0 Å². The summed E-state index contributed by atoms with van der Waals surface area (Å²) in [5.41, 5.74) is 0. The molecule has 0 bridgehead atoms. The largest absolute Gasteiger partial charge is 0.329 e. The van der Waals surface area contributed by atoms with Gasteiger partial charge >= 0.3 is 0 Å². The molecule has 0 atom stereocenters. The van der Waals surface area contributed by atoms with Crippen LogP contribution in [0.3, 0.4) is 0 Å². The molecular formula is C14H24N2O. The Balaban J connectivity index is 2.33. The molecule has 0 radical (unpaired) electrons. The van der Waals surface area contributed by atoms with Crippen molar-refractivity contribution in [3.63, 3.8) is 0 Å². The first kappa shape index (κ1) is 13.9. The Morgan fingerprint density at radius 2 is 1.94 bits per heavy atom. The van der Waals surface area contributed by atoms with E-state index >= 15 is 0 Å². The van der Waals surface area contributed by atoms with E-state index in [1.165, 1.54) is 19.3 Å². The lowest BCUT2D eigenvalue weighted by Crippen LogP contribution is -2.10. The molecule has 0 aliphatic rings. The van der Waals surface area contributed by atoms with Crippen molar-refractivity contribution in [1.82, 2.24) is 9.55 Å². The summed E-state index contributed by atoms with van der Waals surface area (Å²) < 4.78 is 1.97. The van der Waals surface area contributed by atoms with Gasteiger partial charge in [-0.25, -0.2) is 4.98 Å². The Labute approximate surface area is 104 Å². The first-order chi connectivity index (χ1) is 8.29. The molecule has 1 aromatic heterocycles. The second-order valence-corrected chi connectivity index (χ2v) is 4.53. The quantitative estimate of drug-likeness (QED) is 0.482. The Morgan fingerprint density at radius 1 is 1.18 bits per heavy atom. The zero-order valence-electron chi connectivity index (χ0n) is 11.1. The van der Waals surface area contributed by atoms with Crippen LogP contribution in [0, 0.1) is 0 Å². The molecule has 96 valence electrons. The third-order valence-electron chi connectivity index (χ3n) is 2.94. The minimum Gasteiger partial charge on any atom is -0.329 e. The standard InChI is InChI=1S/C14H24N2O/c1-3-5-6-7-8-9-13(17)14-15-10-12-16(14)11-4-2/h10,12H,3-9,11H2,1-2H3. The van der Waals surface area contributed by atoms with E-state index in [1.807, 2.05) is 10.8 Å². The Kier molecular flexibility index (Phi) is 6.60. The van der Waals surface area contributed by atoms with E-state index in [9.17, 15) is 4.79 Å². The number of imidazole rings is 1. The summed E-state index contributed by atoms with van der Waals surface area (Å²) in [5.74, 6) is 0.835. The van der Waals surface area contributed by atoms with E-state index in [4.69, 9.17) is 0 Å². The third-order valence-corrected chi connectivity index (χ3v) is 2.94. The van der Waals surface area contributed by atoms with Crippen molar-refractivity contribution in [3.8, 4) is 0 Å². The van der Waals surface area contributed by atoms with Crippen LogP contribution in [-0.2, 0) is 6.54 Å². The summed E-state index contributed by atoms with van der Waals surface area (Å²) in [4.78, 5) is 16.1. The number of Topliss-reactive ketones (excluding diaryl/α,β-unsaturated/α-hetero) is 1. The molecule has 0 amide bonds. The average Bonchev–Trinajstić information content (AvgIpc) is 2.77. The molecule has 17 heavy (non-hydrogen) atoms. The van der Waals surface area contributed by atoms with Crippen LogP contribution in [-0.4, -0.2) is 15.3 Å². The summed E-state index contributed by atoms with van der Waals surface area (Å²) in [6.45, 7) is 5.20. The highest BCUT2D eigenvalue weighted by Crippen LogP contribution is 2.09. The molecule has 3 heteroatoms. The predicted octanol–water partition coefficient (Wildman–Crippen LogP) is 3.84. The van der Waals surface area contributed by atoms with E-state index in [-0.39, 0.29) is 5.78 Å². The summed E-state index contributed by atoms with van der Waals surface area (Å²) in [6, 6.07) is 0. The molecule has 0 saturated heterocycles. The van der Waals surface area contributed by atoms with E-state index in [2.05, 4.69) is 18.8 Å². The van der Waals surface area contributed by atoms with Gasteiger partial charge in [-0.3, -0.25) is 4.79 Å². The summed E-state index contributed by atoms with van der Waals surface area (Å²) in [6.07, 6.45) is 11.2. The molecule has 0 unspecified atom stereocenters. The molecule has 1 heterocycles. The number of ketones is 1. The van der Waals surface area contributed by atoms with Crippen LogP contribution in [0.5, 0.6) is 0 Å². The second kappa shape index (κ2) is 8.04. The molecule has 3 nitrogen and oxygen atoms in total. The number of carbonyl (C=O) groups is 1. The number of nitrogens with zero attached hydrogens (tertiary/aromatic N) is 2. The minimum atomic E-state index is 0.194. The van der Waals surface area contributed by atoms with Crippen molar-refractivity contribution in [2.24, 2.45) is 0 Å². The monoisotopic (exact) mass is 236 g/mol. The van der Waals surface area contributed by atoms with Crippen LogP contribution in [0.15, 0.2) is 12.4 Å². The van der Waals surface area contributed by atoms with Gasteiger partial charge in [0, 0.05) is 25.4 Å². The highest BCUT2D eigenvalue weighted by molar-refractivity contribution is 5.92. The molecule has 0 aliphatic heterocycles. The van der Waals surface area contributed by atoms with Gasteiger partial charge in [0.05, 0.1) is 0 Å². The van der Waals surface area contributed by atoms with Gasteiger partial charge < -0.3 is 4.57 Å². The SMILES string of the molecule is CCCCCCCC(=O)c1nccn1CCC. The summed E-state index contributed by atoms with van der Waals surface area (Å²) in [5, 5.41) is 0. The number of hydrogen-bond donors (Lipinski definition) is 0. The maximum atomic E-state index is 12.0. The smallest absolute Gasteiger partial charge is 0.198 e. The first-order valence-electron chi connectivity index (χ1n) is 6.84. The maximum Gasteiger partial charge on any atom is 0.198 e. The fourth-order valence-electron chi connectivity index (χ4n) is 1.98. The average molecular weight is 236 g/mol. The molecule has 0 aromatic carbocycles. The molecule has 1 rings (SSSR count). The highest BCUT2D eigenvalue weighted by Gasteiger charge is 2.11. The predicted molar refractivity (Wildman–Crippen MR) is 70.2 cm³/mol. The fourth-order valence-corrected chi connectivity index (χ4v) is 1.98. The number of unbranched alkanes of at least 4 members (excludes halogenated alkanes) is 4. The van der Waals surface area contributed by atoms with Crippen LogP contribution < -0.4 is 0 Å². The molecule has 0 N–H and O–H groups in total. The molecule has 1 aromatic rings. The van der Waals surface area contributed by atoms with Gasteiger partial charge in [0.15, 0.2) is 11.6 Å². The van der Waals surface area contributed by atoms with Gasteiger partial charge in [-0.05, 0) is 12.8 Å². The third kappa shape index (κ3) is 4.72. The molecular weight excluding hydrogens is 212 g/mol. The van der Waals surface area contributed by atoms with Crippen LogP contribution in [0.2, 0.25) is 0 Å². The molecule has 0 saturated carbocycles. The lowest BCUT2D eigenvalue weighted by Gasteiger charge is -2.05. The van der Waals surface area contributed by atoms with Crippen LogP contribution in [0.1, 0.15) is 69.4 Å². The summed E-state index contributed by atoms with van der Waals surface area (Å²) >= 11 is 0. The van der Waals surface area contributed by atoms with Crippen molar-refractivity contribution >= 4 is 5.78 Å². The van der Waals surface area contributed by atoms with Crippen LogP contribution in [0.4, 0.5) is 0 Å². The lowest BCUT2D eigenvalue weighted by molar-refractivity contribution is 0.0964. The van der Waals surface area contributed by atoms with Gasteiger partial charge in [-0.15, -0.1) is 0 Å². The molecule has 0 spiro atoms. The number of carbonyl (C=O) groups excluding carboxylic acids is 1. The van der Waals surface area contributed by atoms with Gasteiger partial charge in [-0.1, -0.05) is 39.5 Å². The number of hydrogen-bond acceptors (Lipinski definition) is 2. The molecule has 0 fully saturated rings. The normalized spacial score (nSPS) is 10.7. The van der Waals surface area contributed by atoms with Gasteiger partial charge in [0.25, 0.3) is 0 Å². The second-order valence-electron chi connectivity index (χ2n) is 4.53. The van der Waals surface area contributed by atoms with Crippen molar-refractivity contribution in [1.29, 1.82) is 0 Å². The van der Waals surface area contributed by atoms with E-state index in [0.717, 1.165) is 25.8 Å². The zero-order chi connectivity index (χ0) is 12.5. The van der Waals surface area contributed by atoms with Crippen molar-refractivity contribution in [2.75, 3.05) is 0 Å². The molecule has 0 aliphatic carbocycles. The number of aromatic nitrogens is 2. The highest BCUT2D eigenvalue weighted by atomic mass is 16.1. The van der Waals surface area contributed by atoms with E-state index < -0.39 is 0 Å². The maximum absolute atomic E-state index is 12.0. The summed E-state index contributed by atoms with van der Waals surface area (Å²) in [7, 11) is 0. The lowest BCUT2D eigenvalue weighted by atomic mass is 10.1. The fraction of sp³-hybridized carbons (Fsp3) is 0.714. The van der Waals surface area contributed by atoms with E-state index in [1.54, 1.807) is 6.20 Å². The van der Waals surface area contributed by atoms with Crippen molar-refractivity contribution < 1.29 is 4.79 Å². The number of aryl methyl sites for hydroxylation is 1. The van der Waals surface area contributed by atoms with Crippen molar-refractivity contribution in [3.05, 3.63) is 18.2 Å². The topological polar surface area (TPSA) is 34.9 Å². The first-order valence-corrected chi connectivity index (χ1v) is 6.84. The zero-order valence-corrected chi connectivity index (χ0v) is 11.1. The van der Waals surface area contributed by atoms with Gasteiger partial charge in [-0.2, -0.15) is 0 Å². The minimum absolute atomic E-state index is 0.194. The van der Waals surface area contributed by atoms with Crippen molar-refractivity contribution in [2.45, 2.75) is 65.3 Å². The van der Waals surface area contributed by atoms with Crippen LogP contribution in [0.25, 0.3) is 0 Å². The van der Waals surface area contributed by atoms with Gasteiger partial charge in [0.1, 0.15) is 0 Å². The Bertz CT molecular complexity index is 331. The Hall–Kier alpha value is -1.12. The Morgan fingerprint density at radius 3 is 2.65 bits per heavy atom. The van der Waals surface area contributed by atoms with Gasteiger partial charge in [0.2, 0.25) is 0 Å².